The number of sulfonamides is 1. The molecule has 0 bridgehead atoms. The van der Waals surface area contributed by atoms with Gasteiger partial charge in [0.2, 0.25) is 15.9 Å². The Morgan fingerprint density at radius 1 is 1.22 bits per heavy atom. The number of carbonyl (C=O) groups excluding carboxylic acids is 2. The maximum absolute atomic E-state index is 14.7. The predicted molar refractivity (Wildman–Crippen MR) is 119 cm³/mol. The molecule has 3 rings (SSSR count). The number of hydrogen-bond donors (Lipinski definition) is 4. The van der Waals surface area contributed by atoms with Crippen LogP contribution in [0.3, 0.4) is 0 Å². The lowest BCUT2D eigenvalue weighted by atomic mass is 9.76. The van der Waals surface area contributed by atoms with Crippen molar-refractivity contribution in [2.45, 2.75) is 49.3 Å². The number of nitrogens with zero attached hydrogens (tertiary/aromatic N) is 2. The number of halogens is 2. The van der Waals surface area contributed by atoms with E-state index >= 15 is 0 Å². The molecule has 0 radical (unpaired) electrons. The van der Waals surface area contributed by atoms with Gasteiger partial charge >= 0.3 is 6.03 Å². The smallest absolute Gasteiger partial charge is 0.317 e. The van der Waals surface area contributed by atoms with Crippen LogP contribution >= 0.6 is 11.6 Å². The van der Waals surface area contributed by atoms with E-state index in [1.165, 1.54) is 4.90 Å². The van der Waals surface area contributed by atoms with Crippen molar-refractivity contribution in [3.8, 4) is 0 Å². The Morgan fingerprint density at radius 3 is 2.50 bits per heavy atom. The zero-order chi connectivity index (χ0) is 23.6. The minimum absolute atomic E-state index is 0.0334. The SMILES string of the molecule is CN1CNC(C2CC(Cl)C(F)C(C(=O)NNS(=O)(=O)CC3CC(NC(=O)N(C)C)C3)C2)C1. The van der Waals surface area contributed by atoms with Crippen LogP contribution in [-0.2, 0) is 14.8 Å². The van der Waals surface area contributed by atoms with E-state index in [0.29, 0.717) is 25.7 Å². The highest BCUT2D eigenvalue weighted by Gasteiger charge is 2.44. The number of hydrogen-bond acceptors (Lipinski definition) is 6. The summed E-state index contributed by atoms with van der Waals surface area (Å²) < 4.78 is 39.4. The van der Waals surface area contributed by atoms with Gasteiger partial charge in [0.25, 0.3) is 0 Å². The fraction of sp³-hybridized carbons (Fsp3) is 0.895. The molecule has 13 heteroatoms. The lowest BCUT2D eigenvalue weighted by Gasteiger charge is -2.37. The highest BCUT2D eigenvalue weighted by molar-refractivity contribution is 7.89. The Labute approximate surface area is 194 Å². The normalized spacial score (nSPS) is 35.7. The molecule has 184 valence electrons. The molecule has 1 heterocycles. The summed E-state index contributed by atoms with van der Waals surface area (Å²) in [5, 5.41) is 5.37. The number of nitrogens with one attached hydrogen (secondary N) is 4. The third-order valence-corrected chi connectivity index (χ3v) is 8.35. The van der Waals surface area contributed by atoms with Gasteiger partial charge in [0.1, 0.15) is 6.17 Å². The Bertz CT molecular complexity index is 797. The molecule has 0 spiro atoms. The van der Waals surface area contributed by atoms with Gasteiger partial charge in [0.15, 0.2) is 0 Å². The summed E-state index contributed by atoms with van der Waals surface area (Å²) in [6.45, 7) is 1.52. The molecule has 0 aromatic carbocycles. The van der Waals surface area contributed by atoms with Crippen LogP contribution in [0.2, 0.25) is 0 Å². The van der Waals surface area contributed by atoms with Crippen molar-refractivity contribution in [2.24, 2.45) is 17.8 Å². The van der Waals surface area contributed by atoms with Gasteiger partial charge < -0.3 is 10.2 Å². The van der Waals surface area contributed by atoms with Crippen molar-refractivity contribution in [1.29, 1.82) is 0 Å². The monoisotopic (exact) mass is 496 g/mol. The van der Waals surface area contributed by atoms with Gasteiger partial charge in [0, 0.05) is 39.4 Å². The van der Waals surface area contributed by atoms with E-state index < -0.39 is 33.4 Å². The fourth-order valence-corrected chi connectivity index (χ4v) is 6.36. The van der Waals surface area contributed by atoms with Crippen molar-refractivity contribution in [3.05, 3.63) is 0 Å². The average Bonchev–Trinajstić information content (AvgIpc) is 3.12. The van der Waals surface area contributed by atoms with Crippen LogP contribution in [-0.4, -0.2) is 93.9 Å². The highest BCUT2D eigenvalue weighted by atomic mass is 35.5. The molecule has 10 nitrogen and oxygen atoms in total. The molecule has 2 aliphatic carbocycles. The summed E-state index contributed by atoms with van der Waals surface area (Å²) in [4.78, 5) is 29.9. The van der Waals surface area contributed by atoms with Gasteiger partial charge in [-0.15, -0.1) is 16.4 Å². The summed E-state index contributed by atoms with van der Waals surface area (Å²) in [6, 6.07) is -0.152. The van der Waals surface area contributed by atoms with E-state index in [1.807, 2.05) is 7.05 Å². The number of amides is 3. The van der Waals surface area contributed by atoms with Gasteiger partial charge in [-0.2, -0.15) is 0 Å². The molecule has 0 aromatic heterocycles. The lowest BCUT2D eigenvalue weighted by Crippen LogP contribution is -2.54. The number of urea groups is 1. The van der Waals surface area contributed by atoms with E-state index in [1.54, 1.807) is 14.1 Å². The molecular weight excluding hydrogens is 463 g/mol. The summed E-state index contributed by atoms with van der Waals surface area (Å²) in [6.07, 6.45) is 0.324. The summed E-state index contributed by atoms with van der Waals surface area (Å²) in [5.74, 6) is -1.98. The van der Waals surface area contributed by atoms with E-state index in [-0.39, 0.29) is 35.7 Å². The fourth-order valence-electron chi connectivity index (χ4n) is 4.72. The molecule has 0 aromatic rings. The number of carbonyl (C=O) groups is 2. The minimum atomic E-state index is -3.79. The molecule has 3 amide bonds. The maximum atomic E-state index is 14.7. The van der Waals surface area contributed by atoms with E-state index in [2.05, 4.69) is 25.8 Å². The largest absolute Gasteiger partial charge is 0.335 e. The summed E-state index contributed by atoms with van der Waals surface area (Å²) in [7, 11) is 1.45. The van der Waals surface area contributed by atoms with Gasteiger partial charge in [0.05, 0.1) is 17.0 Å². The van der Waals surface area contributed by atoms with Gasteiger partial charge in [-0.3, -0.25) is 20.4 Å². The van der Waals surface area contributed by atoms with Crippen LogP contribution in [0.25, 0.3) is 0 Å². The summed E-state index contributed by atoms with van der Waals surface area (Å²) in [5.41, 5.74) is 2.19. The maximum Gasteiger partial charge on any atom is 0.317 e. The molecule has 4 N–H and O–H groups in total. The Balaban J connectivity index is 1.46. The molecule has 1 saturated heterocycles. The first-order chi connectivity index (χ1) is 14.9. The number of likely N-dealkylation sites (N-methyl/N-ethyl adjacent to an activating group) is 1. The zero-order valence-electron chi connectivity index (χ0n) is 18.7. The molecule has 5 unspecified atom stereocenters. The molecule has 1 aliphatic heterocycles. The van der Waals surface area contributed by atoms with Crippen molar-refractivity contribution < 1.29 is 22.4 Å². The molecule has 2 saturated carbocycles. The number of hydrazine groups is 1. The second-order valence-corrected chi connectivity index (χ2v) is 11.9. The van der Waals surface area contributed by atoms with Gasteiger partial charge in [-0.25, -0.2) is 17.6 Å². The molecule has 3 aliphatic rings. The Morgan fingerprint density at radius 2 is 1.91 bits per heavy atom. The Kier molecular flexibility index (Phi) is 8.24. The number of rotatable bonds is 7. The topological polar surface area (TPSA) is 123 Å². The van der Waals surface area contributed by atoms with Crippen LogP contribution in [0.1, 0.15) is 25.7 Å². The first-order valence-electron chi connectivity index (χ1n) is 10.9. The zero-order valence-corrected chi connectivity index (χ0v) is 20.3. The molecule has 5 atom stereocenters. The predicted octanol–water partition coefficient (Wildman–Crippen LogP) is -0.180. The second kappa shape index (κ2) is 10.4. The Hall–Kier alpha value is -1.21. The standard InChI is InChI=1S/C19H34ClFN6O4S/c1-26(2)19(29)23-13-4-11(5-13)9-32(30,31)25-24-18(28)14-6-12(7-15(20)17(14)21)16-8-27(3)10-22-16/h11-17,22,25H,4-10H2,1-3H3,(H,23,29)(H,24,28). The quantitative estimate of drug-likeness (QED) is 0.286. The van der Waals surface area contributed by atoms with Gasteiger partial charge in [-0.05, 0) is 44.6 Å². The highest BCUT2D eigenvalue weighted by Crippen LogP contribution is 2.37. The van der Waals surface area contributed by atoms with Crippen molar-refractivity contribution in [2.75, 3.05) is 40.1 Å². The van der Waals surface area contributed by atoms with E-state index in [0.717, 1.165) is 13.2 Å². The van der Waals surface area contributed by atoms with E-state index in [9.17, 15) is 22.4 Å². The second-order valence-electron chi connectivity index (χ2n) is 9.56. The minimum Gasteiger partial charge on any atom is -0.335 e. The van der Waals surface area contributed by atoms with Gasteiger partial charge in [-0.1, -0.05) is 0 Å². The van der Waals surface area contributed by atoms with Crippen molar-refractivity contribution in [3.63, 3.8) is 0 Å². The van der Waals surface area contributed by atoms with Crippen LogP contribution in [0.5, 0.6) is 0 Å². The molecule has 32 heavy (non-hydrogen) atoms. The lowest BCUT2D eigenvalue weighted by molar-refractivity contribution is -0.129. The van der Waals surface area contributed by atoms with Crippen molar-refractivity contribution >= 4 is 33.6 Å². The van der Waals surface area contributed by atoms with Crippen LogP contribution in [0.15, 0.2) is 0 Å². The first-order valence-corrected chi connectivity index (χ1v) is 13.0. The molecule has 3 fully saturated rings. The average molecular weight is 497 g/mol. The first kappa shape index (κ1) is 25.4. The summed E-state index contributed by atoms with van der Waals surface area (Å²) >= 11 is 6.20. The van der Waals surface area contributed by atoms with Crippen molar-refractivity contribution in [1.82, 2.24) is 30.7 Å². The van der Waals surface area contributed by atoms with Crippen LogP contribution in [0, 0.1) is 17.8 Å². The number of alkyl halides is 2. The third kappa shape index (κ3) is 6.43. The third-order valence-electron chi connectivity index (χ3n) is 6.61. The van der Waals surface area contributed by atoms with E-state index in [4.69, 9.17) is 11.6 Å². The van der Waals surface area contributed by atoms with Crippen LogP contribution in [0.4, 0.5) is 9.18 Å². The van der Waals surface area contributed by atoms with Crippen LogP contribution < -0.4 is 20.9 Å². The molecular formula is C19H34ClFN6O4S.